The monoisotopic (exact) mass is 242 g/mol. The van der Waals surface area contributed by atoms with E-state index in [1.54, 1.807) is 19.2 Å². The van der Waals surface area contributed by atoms with Crippen molar-refractivity contribution < 1.29 is 14.3 Å². The van der Waals surface area contributed by atoms with Gasteiger partial charge in [-0.15, -0.1) is 0 Å². The quantitative estimate of drug-likeness (QED) is 0.708. The Bertz CT molecular complexity index is 373. The number of methoxy groups -OCH3 is 1. The summed E-state index contributed by atoms with van der Waals surface area (Å²) in [6, 6.07) is 3.52. The average molecular weight is 243 g/mol. The third-order valence-corrected chi connectivity index (χ3v) is 2.61. The van der Waals surface area contributed by atoms with Crippen LogP contribution in [-0.4, -0.2) is 13.1 Å². The number of rotatable bonds is 1. The zero-order chi connectivity index (χ0) is 9.42. The average Bonchev–Trinajstić information content (AvgIpc) is 2.48. The van der Waals surface area contributed by atoms with Crippen molar-refractivity contribution >= 4 is 21.9 Å². The van der Waals surface area contributed by atoms with Gasteiger partial charge in [-0.2, -0.15) is 0 Å². The molecule has 3 nitrogen and oxygen atoms in total. The highest BCUT2D eigenvalue weighted by molar-refractivity contribution is 9.10. The summed E-state index contributed by atoms with van der Waals surface area (Å²) in [5.74, 6) is 0.407. The predicted molar refractivity (Wildman–Crippen MR) is 49.8 cm³/mol. The van der Waals surface area contributed by atoms with E-state index >= 15 is 0 Å². The maximum absolute atomic E-state index is 11.2. The first-order valence-corrected chi connectivity index (χ1v) is 4.56. The number of cyclic esters (lactones) is 1. The van der Waals surface area contributed by atoms with E-state index in [9.17, 15) is 4.79 Å². The Morgan fingerprint density at radius 2 is 2.31 bits per heavy atom. The van der Waals surface area contributed by atoms with Gasteiger partial charge in [0, 0.05) is 5.56 Å². The molecule has 0 atom stereocenters. The molecule has 0 fully saturated rings. The van der Waals surface area contributed by atoms with Crippen LogP contribution in [-0.2, 0) is 11.3 Å². The van der Waals surface area contributed by atoms with Crippen molar-refractivity contribution in [1.82, 2.24) is 0 Å². The van der Waals surface area contributed by atoms with Gasteiger partial charge in [0.25, 0.3) is 0 Å². The molecular weight excluding hydrogens is 236 g/mol. The van der Waals surface area contributed by atoms with Crippen molar-refractivity contribution in [2.45, 2.75) is 6.61 Å². The van der Waals surface area contributed by atoms with Crippen LogP contribution in [0.4, 0.5) is 0 Å². The number of esters is 1. The summed E-state index contributed by atoms with van der Waals surface area (Å²) in [5, 5.41) is 0. The van der Waals surface area contributed by atoms with Gasteiger partial charge in [-0.05, 0) is 28.1 Å². The second-order valence-corrected chi connectivity index (χ2v) is 3.54. The number of hydrogen-bond acceptors (Lipinski definition) is 3. The lowest BCUT2D eigenvalue weighted by atomic mass is 10.1. The summed E-state index contributed by atoms with van der Waals surface area (Å²) in [5.41, 5.74) is 1.42. The number of carbonyl (C=O) groups is 1. The first-order chi connectivity index (χ1) is 6.24. The Balaban J connectivity index is 2.64. The molecule has 0 saturated heterocycles. The Morgan fingerprint density at radius 1 is 1.54 bits per heavy atom. The molecule has 1 heterocycles. The molecule has 0 saturated carbocycles. The van der Waals surface area contributed by atoms with E-state index < -0.39 is 0 Å². The number of hydrogen-bond donors (Lipinski definition) is 0. The summed E-state index contributed by atoms with van der Waals surface area (Å²) in [4.78, 5) is 11.2. The Kier molecular flexibility index (Phi) is 2.00. The van der Waals surface area contributed by atoms with Gasteiger partial charge in [0.05, 0.1) is 17.1 Å². The lowest BCUT2D eigenvalue weighted by Gasteiger charge is -2.05. The zero-order valence-electron chi connectivity index (χ0n) is 6.96. The van der Waals surface area contributed by atoms with Crippen molar-refractivity contribution in [3.8, 4) is 5.75 Å². The third kappa shape index (κ3) is 1.21. The van der Waals surface area contributed by atoms with Crippen molar-refractivity contribution in [1.29, 1.82) is 0 Å². The van der Waals surface area contributed by atoms with Gasteiger partial charge in [0.2, 0.25) is 0 Å². The highest BCUT2D eigenvalue weighted by atomic mass is 79.9. The van der Waals surface area contributed by atoms with Crippen LogP contribution in [0.5, 0.6) is 5.75 Å². The molecule has 0 aromatic heterocycles. The van der Waals surface area contributed by atoms with Crippen LogP contribution in [0.15, 0.2) is 16.6 Å². The molecule has 1 aliphatic heterocycles. The van der Waals surface area contributed by atoms with E-state index in [-0.39, 0.29) is 5.97 Å². The molecule has 2 rings (SSSR count). The SMILES string of the molecule is COc1c(Br)ccc2c1COC2=O. The Hall–Kier alpha value is -1.03. The first kappa shape index (κ1) is 8.56. The molecule has 0 N–H and O–H groups in total. The van der Waals surface area contributed by atoms with Gasteiger partial charge in [-0.25, -0.2) is 4.79 Å². The fourth-order valence-electron chi connectivity index (χ4n) is 1.37. The van der Waals surface area contributed by atoms with Crippen molar-refractivity contribution in [3.63, 3.8) is 0 Å². The second-order valence-electron chi connectivity index (χ2n) is 2.68. The molecule has 0 spiro atoms. The number of benzene rings is 1. The molecule has 13 heavy (non-hydrogen) atoms. The lowest BCUT2D eigenvalue weighted by Crippen LogP contribution is -1.95. The van der Waals surface area contributed by atoms with Crippen molar-refractivity contribution in [2.24, 2.45) is 0 Å². The first-order valence-electron chi connectivity index (χ1n) is 3.76. The minimum absolute atomic E-state index is 0.277. The molecule has 4 heteroatoms. The molecule has 1 aliphatic rings. The van der Waals surface area contributed by atoms with Crippen molar-refractivity contribution in [3.05, 3.63) is 27.7 Å². The number of carbonyl (C=O) groups excluding carboxylic acids is 1. The fourth-order valence-corrected chi connectivity index (χ4v) is 1.90. The fraction of sp³-hybridized carbons (Fsp3) is 0.222. The second kappa shape index (κ2) is 3.03. The normalized spacial score (nSPS) is 13.8. The van der Waals surface area contributed by atoms with Crippen LogP contribution in [0.2, 0.25) is 0 Å². The van der Waals surface area contributed by atoms with E-state index in [0.717, 1.165) is 10.0 Å². The van der Waals surface area contributed by atoms with Gasteiger partial charge in [0.15, 0.2) is 0 Å². The van der Waals surface area contributed by atoms with Gasteiger partial charge < -0.3 is 9.47 Å². The summed E-state index contributed by atoms with van der Waals surface area (Å²) in [6.45, 7) is 0.302. The van der Waals surface area contributed by atoms with E-state index in [1.807, 2.05) is 0 Å². The summed E-state index contributed by atoms with van der Waals surface area (Å²) in [7, 11) is 1.57. The molecule has 0 amide bonds. The maximum Gasteiger partial charge on any atom is 0.339 e. The predicted octanol–water partition coefficient (Wildman–Crippen LogP) is 2.13. The maximum atomic E-state index is 11.2. The summed E-state index contributed by atoms with van der Waals surface area (Å²) >= 11 is 3.34. The van der Waals surface area contributed by atoms with Crippen LogP contribution in [0.3, 0.4) is 0 Å². The number of ether oxygens (including phenoxy) is 2. The van der Waals surface area contributed by atoms with Gasteiger partial charge in [-0.3, -0.25) is 0 Å². The summed E-state index contributed by atoms with van der Waals surface area (Å²) < 4.78 is 10.9. The minimum atomic E-state index is -0.277. The molecule has 0 radical (unpaired) electrons. The Labute approximate surface area is 83.8 Å². The molecule has 68 valence electrons. The van der Waals surface area contributed by atoms with Crippen LogP contribution < -0.4 is 4.74 Å². The summed E-state index contributed by atoms with van der Waals surface area (Å²) in [6.07, 6.45) is 0. The van der Waals surface area contributed by atoms with Gasteiger partial charge >= 0.3 is 5.97 Å². The lowest BCUT2D eigenvalue weighted by molar-refractivity contribution is 0.0534. The van der Waals surface area contributed by atoms with Gasteiger partial charge in [0.1, 0.15) is 12.4 Å². The van der Waals surface area contributed by atoms with Gasteiger partial charge in [-0.1, -0.05) is 0 Å². The smallest absolute Gasteiger partial charge is 0.339 e. The standard InChI is InChI=1S/C9H7BrO3/c1-12-8-6-4-13-9(11)5(6)2-3-7(8)10/h2-3H,4H2,1H3. The molecular formula is C9H7BrO3. The molecule has 1 aromatic rings. The minimum Gasteiger partial charge on any atom is -0.495 e. The zero-order valence-corrected chi connectivity index (χ0v) is 8.55. The third-order valence-electron chi connectivity index (χ3n) is 1.98. The van der Waals surface area contributed by atoms with Crippen LogP contribution >= 0.6 is 15.9 Å². The Morgan fingerprint density at radius 3 is 3.00 bits per heavy atom. The number of halogens is 1. The van der Waals surface area contributed by atoms with Crippen LogP contribution in [0, 0.1) is 0 Å². The van der Waals surface area contributed by atoms with Crippen LogP contribution in [0.25, 0.3) is 0 Å². The molecule has 0 aliphatic carbocycles. The molecule has 0 bridgehead atoms. The van der Waals surface area contributed by atoms with E-state index in [1.165, 1.54) is 0 Å². The molecule has 0 unspecified atom stereocenters. The van der Waals surface area contributed by atoms with E-state index in [2.05, 4.69) is 15.9 Å². The highest BCUT2D eigenvalue weighted by Gasteiger charge is 2.25. The number of fused-ring (bicyclic) bond motifs is 1. The van der Waals surface area contributed by atoms with E-state index in [0.29, 0.717) is 17.9 Å². The van der Waals surface area contributed by atoms with Crippen LogP contribution in [0.1, 0.15) is 15.9 Å². The highest BCUT2D eigenvalue weighted by Crippen LogP contribution is 2.35. The molecule has 1 aromatic carbocycles. The van der Waals surface area contributed by atoms with E-state index in [4.69, 9.17) is 9.47 Å². The topological polar surface area (TPSA) is 35.5 Å². The largest absolute Gasteiger partial charge is 0.495 e. The van der Waals surface area contributed by atoms with Crippen molar-refractivity contribution in [2.75, 3.05) is 7.11 Å².